The van der Waals surface area contributed by atoms with Crippen molar-refractivity contribution in [3.05, 3.63) is 40.8 Å². The summed E-state index contributed by atoms with van der Waals surface area (Å²) in [6, 6.07) is 4.13. The predicted octanol–water partition coefficient (Wildman–Crippen LogP) is 1.61. The zero-order chi connectivity index (χ0) is 16.6. The molecule has 2 aliphatic heterocycles. The van der Waals surface area contributed by atoms with Crippen LogP contribution in [0.3, 0.4) is 0 Å². The van der Waals surface area contributed by atoms with E-state index >= 15 is 0 Å². The molecule has 0 bridgehead atoms. The molecule has 2 aromatic rings. The molecule has 128 valence electrons. The fourth-order valence-corrected chi connectivity index (χ4v) is 6.82. The monoisotopic (exact) mass is 365 g/mol. The van der Waals surface area contributed by atoms with Crippen LogP contribution in [-0.2, 0) is 16.4 Å². The molecule has 2 fully saturated rings. The van der Waals surface area contributed by atoms with Gasteiger partial charge in [-0.05, 0) is 34.9 Å². The van der Waals surface area contributed by atoms with Crippen molar-refractivity contribution in [3.8, 4) is 6.01 Å². The molecule has 2 aromatic heterocycles. The van der Waals surface area contributed by atoms with Gasteiger partial charge in [-0.3, -0.25) is 4.90 Å². The number of rotatable bonds is 5. The lowest BCUT2D eigenvalue weighted by atomic mass is 9.83. The van der Waals surface area contributed by atoms with E-state index in [1.165, 1.54) is 5.56 Å². The zero-order valence-electron chi connectivity index (χ0n) is 13.2. The third-order valence-electron chi connectivity index (χ3n) is 5.02. The summed E-state index contributed by atoms with van der Waals surface area (Å²) in [4.78, 5) is 10.3. The minimum Gasteiger partial charge on any atom is -0.463 e. The van der Waals surface area contributed by atoms with Gasteiger partial charge in [0.1, 0.15) is 4.75 Å². The molecule has 4 heterocycles. The summed E-state index contributed by atoms with van der Waals surface area (Å²) in [5.74, 6) is 0.258. The van der Waals surface area contributed by atoms with Crippen molar-refractivity contribution in [1.82, 2.24) is 14.9 Å². The maximum atomic E-state index is 12.6. The molecule has 6 nitrogen and oxygen atoms in total. The Hall–Kier alpha value is -1.51. The highest BCUT2D eigenvalue weighted by Crippen LogP contribution is 2.45. The standard InChI is InChI=1S/C16H19N3O3S2/c20-24(21)7-3-14(9-22-15-17-4-1-5-18-15)16(24)11-19(12-16)8-13-2-6-23-10-13/h1-2,4-6,10,14H,3,7-9,11-12H2/t14-/m0/s1. The Morgan fingerprint density at radius 3 is 2.83 bits per heavy atom. The van der Waals surface area contributed by atoms with Crippen LogP contribution in [0.4, 0.5) is 0 Å². The molecule has 0 aliphatic carbocycles. The molecule has 0 N–H and O–H groups in total. The van der Waals surface area contributed by atoms with E-state index in [2.05, 4.69) is 26.3 Å². The molecule has 1 atom stereocenters. The van der Waals surface area contributed by atoms with Crippen molar-refractivity contribution in [2.24, 2.45) is 5.92 Å². The van der Waals surface area contributed by atoms with Crippen LogP contribution in [0.2, 0.25) is 0 Å². The molecular formula is C16H19N3O3S2. The van der Waals surface area contributed by atoms with Gasteiger partial charge in [0.25, 0.3) is 0 Å². The molecule has 0 amide bonds. The molecule has 0 unspecified atom stereocenters. The number of aromatic nitrogens is 2. The first-order chi connectivity index (χ1) is 11.6. The van der Waals surface area contributed by atoms with Crippen molar-refractivity contribution in [3.63, 3.8) is 0 Å². The number of hydrogen-bond donors (Lipinski definition) is 0. The maximum absolute atomic E-state index is 12.6. The van der Waals surface area contributed by atoms with Gasteiger partial charge < -0.3 is 4.74 Å². The normalized spacial score (nSPS) is 24.8. The average Bonchev–Trinajstić information content (AvgIpc) is 3.13. The van der Waals surface area contributed by atoms with E-state index in [1.807, 2.05) is 5.38 Å². The van der Waals surface area contributed by atoms with Crippen molar-refractivity contribution in [1.29, 1.82) is 0 Å². The quantitative estimate of drug-likeness (QED) is 0.802. The van der Waals surface area contributed by atoms with Crippen LogP contribution in [0.1, 0.15) is 12.0 Å². The van der Waals surface area contributed by atoms with Crippen molar-refractivity contribution in [2.75, 3.05) is 25.4 Å². The molecule has 2 aliphatic rings. The van der Waals surface area contributed by atoms with Gasteiger partial charge in [-0.1, -0.05) is 0 Å². The summed E-state index contributed by atoms with van der Waals surface area (Å²) >= 11 is 1.67. The van der Waals surface area contributed by atoms with Gasteiger partial charge >= 0.3 is 6.01 Å². The number of hydrogen-bond acceptors (Lipinski definition) is 7. The lowest BCUT2D eigenvalue weighted by Gasteiger charge is -2.49. The highest BCUT2D eigenvalue weighted by atomic mass is 32.2. The molecule has 0 aromatic carbocycles. The van der Waals surface area contributed by atoms with Crippen LogP contribution in [0, 0.1) is 5.92 Å². The fourth-order valence-electron chi connectivity index (χ4n) is 3.71. The van der Waals surface area contributed by atoms with Gasteiger partial charge in [-0.2, -0.15) is 11.3 Å². The number of sulfone groups is 1. The van der Waals surface area contributed by atoms with E-state index in [0.29, 0.717) is 32.1 Å². The Kier molecular flexibility index (Phi) is 4.06. The van der Waals surface area contributed by atoms with E-state index < -0.39 is 14.6 Å². The molecule has 4 rings (SSSR count). The Bertz CT molecular complexity index is 787. The Balaban J connectivity index is 1.43. The summed E-state index contributed by atoms with van der Waals surface area (Å²) in [5, 5.41) is 4.16. The summed E-state index contributed by atoms with van der Waals surface area (Å²) in [5.41, 5.74) is 1.25. The van der Waals surface area contributed by atoms with Crippen LogP contribution in [-0.4, -0.2) is 53.5 Å². The molecule has 8 heteroatoms. The smallest absolute Gasteiger partial charge is 0.316 e. The van der Waals surface area contributed by atoms with Crippen molar-refractivity contribution in [2.45, 2.75) is 17.7 Å². The first kappa shape index (κ1) is 16.0. The van der Waals surface area contributed by atoms with Gasteiger partial charge in [0, 0.05) is 37.9 Å². The van der Waals surface area contributed by atoms with Gasteiger partial charge in [0.05, 0.1) is 12.4 Å². The molecule has 24 heavy (non-hydrogen) atoms. The first-order valence-electron chi connectivity index (χ1n) is 7.95. The second-order valence-corrected chi connectivity index (χ2v) is 9.72. The number of nitrogens with zero attached hydrogens (tertiary/aromatic N) is 3. The van der Waals surface area contributed by atoms with E-state index in [-0.39, 0.29) is 11.7 Å². The summed E-state index contributed by atoms with van der Waals surface area (Å²) < 4.78 is 30.2. The van der Waals surface area contributed by atoms with Crippen LogP contribution in [0.25, 0.3) is 0 Å². The summed E-state index contributed by atoms with van der Waals surface area (Å²) in [6.07, 6.45) is 3.90. The molecule has 1 spiro atoms. The maximum Gasteiger partial charge on any atom is 0.316 e. The van der Waals surface area contributed by atoms with Crippen LogP contribution in [0.15, 0.2) is 35.3 Å². The predicted molar refractivity (Wildman–Crippen MR) is 91.7 cm³/mol. The van der Waals surface area contributed by atoms with Gasteiger partial charge in [-0.25, -0.2) is 18.4 Å². The topological polar surface area (TPSA) is 72.4 Å². The van der Waals surface area contributed by atoms with E-state index in [4.69, 9.17) is 4.74 Å². The van der Waals surface area contributed by atoms with Gasteiger partial charge in [-0.15, -0.1) is 0 Å². The van der Waals surface area contributed by atoms with Crippen LogP contribution in [0.5, 0.6) is 6.01 Å². The summed E-state index contributed by atoms with van der Waals surface area (Å²) in [6.45, 7) is 2.36. The minimum atomic E-state index is -3.08. The highest BCUT2D eigenvalue weighted by Gasteiger charge is 2.61. The second-order valence-electron chi connectivity index (χ2n) is 6.49. The van der Waals surface area contributed by atoms with E-state index in [9.17, 15) is 8.42 Å². The van der Waals surface area contributed by atoms with E-state index in [1.54, 1.807) is 29.8 Å². The minimum absolute atomic E-state index is 0.00466. The Morgan fingerprint density at radius 1 is 1.33 bits per heavy atom. The lowest BCUT2D eigenvalue weighted by Crippen LogP contribution is -2.67. The van der Waals surface area contributed by atoms with Crippen LogP contribution < -0.4 is 4.74 Å². The van der Waals surface area contributed by atoms with Gasteiger partial charge in [0.2, 0.25) is 0 Å². The molecular weight excluding hydrogens is 346 g/mol. The Morgan fingerprint density at radius 2 is 2.12 bits per heavy atom. The Labute approximate surface area is 145 Å². The average molecular weight is 365 g/mol. The fraction of sp³-hybridized carbons (Fsp3) is 0.500. The zero-order valence-corrected chi connectivity index (χ0v) is 14.8. The second kappa shape index (κ2) is 6.09. The SMILES string of the molecule is O=S1(=O)CC[C@@H](COc2ncccn2)C12CN(Cc1ccsc1)C2. The number of thiophene rings is 1. The third-order valence-corrected chi connectivity index (χ3v) is 8.36. The van der Waals surface area contributed by atoms with Gasteiger partial charge in [0.15, 0.2) is 9.84 Å². The molecule has 0 saturated carbocycles. The highest BCUT2D eigenvalue weighted by molar-refractivity contribution is 7.93. The summed E-state index contributed by atoms with van der Waals surface area (Å²) in [7, 11) is -3.08. The molecule has 2 saturated heterocycles. The van der Waals surface area contributed by atoms with Crippen molar-refractivity contribution < 1.29 is 13.2 Å². The van der Waals surface area contributed by atoms with Crippen LogP contribution >= 0.6 is 11.3 Å². The first-order valence-corrected chi connectivity index (χ1v) is 10.5. The van der Waals surface area contributed by atoms with E-state index in [0.717, 1.165) is 6.54 Å². The van der Waals surface area contributed by atoms with Crippen molar-refractivity contribution >= 4 is 21.2 Å². The lowest BCUT2D eigenvalue weighted by molar-refractivity contribution is 0.0573. The molecule has 0 radical (unpaired) electrons. The largest absolute Gasteiger partial charge is 0.463 e. The number of ether oxygens (including phenoxy) is 1. The third kappa shape index (κ3) is 2.72. The number of likely N-dealkylation sites (tertiary alicyclic amines) is 1.